The summed E-state index contributed by atoms with van der Waals surface area (Å²) in [5.74, 6) is -0.260. The molecule has 2 aliphatic rings. The molecular weight excluding hydrogens is 697 g/mol. The molecule has 0 saturated carbocycles. The van der Waals surface area contributed by atoms with Crippen LogP contribution >= 0.6 is 23.2 Å². The number of aliphatic imine (C=N–C) groups is 1. The number of amides is 2. The Balaban J connectivity index is 1.64. The van der Waals surface area contributed by atoms with E-state index in [4.69, 9.17) is 32.9 Å². The van der Waals surface area contributed by atoms with Gasteiger partial charge in [0.1, 0.15) is 17.6 Å². The fourth-order valence-corrected chi connectivity index (χ4v) is 6.62. The molecule has 2 heterocycles. The van der Waals surface area contributed by atoms with Crippen molar-refractivity contribution in [2.24, 2.45) is 4.99 Å². The van der Waals surface area contributed by atoms with Crippen LogP contribution in [0, 0.1) is 0 Å². The minimum atomic E-state index is -5.63. The summed E-state index contributed by atoms with van der Waals surface area (Å²) in [6.07, 6.45) is -4.70. The molecule has 0 bridgehead atoms. The third-order valence-corrected chi connectivity index (χ3v) is 9.82. The quantitative estimate of drug-likeness (QED) is 0.246. The third-order valence-electron chi connectivity index (χ3n) is 7.69. The molecule has 2 aliphatic heterocycles. The number of hydrogen-bond acceptors (Lipinski definition) is 5. The number of piperazine rings is 1. The van der Waals surface area contributed by atoms with Crippen LogP contribution in [0.2, 0.25) is 10.0 Å². The van der Waals surface area contributed by atoms with Crippen LogP contribution in [0.25, 0.3) is 0 Å². The Labute approximate surface area is 276 Å². The SMILES string of the molecule is CCOc1cc(C(F)(F)F)ccc1C1=NC(c2ccc(Cl)cc2)C(c2ccc(Cl)cc2)N1C(=O)N1CCN(S(=O)(=O)C(F)(F)F)CC1. The monoisotopic (exact) mass is 722 g/mol. The molecule has 0 aliphatic carbocycles. The maximum atomic E-state index is 14.4. The molecule has 17 heteroatoms. The molecule has 2 atom stereocenters. The Bertz CT molecular complexity index is 1760. The second-order valence-corrected chi connectivity index (χ2v) is 13.4. The normalized spacial score (nSPS) is 19.6. The lowest BCUT2D eigenvalue weighted by molar-refractivity contribution is -0.137. The van der Waals surface area contributed by atoms with Crippen molar-refractivity contribution in [2.75, 3.05) is 32.8 Å². The van der Waals surface area contributed by atoms with Crippen LogP contribution in [0.5, 0.6) is 5.75 Å². The van der Waals surface area contributed by atoms with Crippen molar-refractivity contribution in [3.8, 4) is 5.75 Å². The van der Waals surface area contributed by atoms with Crippen LogP contribution in [0.4, 0.5) is 31.1 Å². The van der Waals surface area contributed by atoms with Crippen LogP contribution in [0.3, 0.4) is 0 Å². The fraction of sp³-hybridized carbons (Fsp3) is 0.333. The predicted molar refractivity (Wildman–Crippen MR) is 163 cm³/mol. The fourth-order valence-electron chi connectivity index (χ4n) is 5.43. The molecule has 47 heavy (non-hydrogen) atoms. The van der Waals surface area contributed by atoms with Crippen LogP contribution in [0.15, 0.2) is 71.7 Å². The predicted octanol–water partition coefficient (Wildman–Crippen LogP) is 7.54. The summed E-state index contributed by atoms with van der Waals surface area (Å²) in [4.78, 5) is 21.7. The molecule has 3 aromatic carbocycles. The Morgan fingerprint density at radius 2 is 1.43 bits per heavy atom. The number of alkyl halides is 6. The molecular formula is C30H26Cl2F6N4O4S. The molecule has 2 amide bonds. The van der Waals surface area contributed by atoms with Gasteiger partial charge in [-0.05, 0) is 60.5 Å². The molecule has 0 spiro atoms. The zero-order valence-electron chi connectivity index (χ0n) is 24.4. The van der Waals surface area contributed by atoms with E-state index in [-0.39, 0.29) is 28.1 Å². The van der Waals surface area contributed by atoms with E-state index in [9.17, 15) is 39.6 Å². The minimum absolute atomic E-state index is 0.0214. The summed E-state index contributed by atoms with van der Waals surface area (Å²) in [5, 5.41) is 0.803. The van der Waals surface area contributed by atoms with Crippen molar-refractivity contribution in [1.82, 2.24) is 14.1 Å². The van der Waals surface area contributed by atoms with E-state index in [1.165, 1.54) is 9.80 Å². The van der Waals surface area contributed by atoms with Crippen molar-refractivity contribution in [2.45, 2.75) is 30.7 Å². The third kappa shape index (κ3) is 7.03. The number of amidine groups is 1. The van der Waals surface area contributed by atoms with Crippen molar-refractivity contribution in [3.63, 3.8) is 0 Å². The van der Waals surface area contributed by atoms with Gasteiger partial charge in [-0.25, -0.2) is 13.2 Å². The van der Waals surface area contributed by atoms with Crippen molar-refractivity contribution in [1.29, 1.82) is 0 Å². The van der Waals surface area contributed by atoms with Gasteiger partial charge in [0.05, 0.1) is 23.8 Å². The van der Waals surface area contributed by atoms with Gasteiger partial charge in [-0.15, -0.1) is 0 Å². The largest absolute Gasteiger partial charge is 0.511 e. The van der Waals surface area contributed by atoms with Crippen molar-refractivity contribution < 1.29 is 44.3 Å². The van der Waals surface area contributed by atoms with Gasteiger partial charge >= 0.3 is 27.7 Å². The second kappa shape index (κ2) is 13.2. The standard InChI is InChI=1S/C30H26Cl2F6N4O4S/c1-2-46-24-17-20(29(33,34)35)7-12-23(24)27-39-25(18-3-8-21(31)9-4-18)26(19-5-10-22(32)11-6-19)42(27)28(43)40-13-15-41(16-14-40)47(44,45)30(36,37)38/h3-12,17,25-26H,2,13-16H2,1H3. The van der Waals surface area contributed by atoms with Gasteiger partial charge in [-0.3, -0.25) is 9.89 Å². The number of rotatable bonds is 6. The number of hydrogen-bond donors (Lipinski definition) is 0. The van der Waals surface area contributed by atoms with Crippen LogP contribution in [-0.2, 0) is 16.2 Å². The second-order valence-electron chi connectivity index (χ2n) is 10.6. The lowest BCUT2D eigenvalue weighted by atomic mass is 9.93. The Morgan fingerprint density at radius 1 is 0.872 bits per heavy atom. The zero-order valence-corrected chi connectivity index (χ0v) is 26.7. The summed E-state index contributed by atoms with van der Waals surface area (Å²) in [7, 11) is -5.63. The number of sulfonamides is 1. The minimum Gasteiger partial charge on any atom is -0.493 e. The number of ether oxygens (including phenoxy) is 1. The highest BCUT2D eigenvalue weighted by Gasteiger charge is 2.51. The number of urea groups is 1. The highest BCUT2D eigenvalue weighted by Crippen LogP contribution is 2.46. The lowest BCUT2D eigenvalue weighted by Gasteiger charge is -2.38. The smallest absolute Gasteiger partial charge is 0.493 e. The van der Waals surface area contributed by atoms with E-state index in [0.717, 1.165) is 18.2 Å². The first-order chi connectivity index (χ1) is 22.0. The Hall–Kier alpha value is -3.53. The summed E-state index contributed by atoms with van der Waals surface area (Å²) < 4.78 is 111. The van der Waals surface area contributed by atoms with Crippen molar-refractivity contribution >= 4 is 45.1 Å². The van der Waals surface area contributed by atoms with Crippen molar-refractivity contribution in [3.05, 3.63) is 99.0 Å². The first-order valence-electron chi connectivity index (χ1n) is 14.1. The summed E-state index contributed by atoms with van der Waals surface area (Å²) >= 11 is 12.3. The average molecular weight is 724 g/mol. The van der Waals surface area contributed by atoms with Gasteiger partial charge < -0.3 is 9.64 Å². The maximum absolute atomic E-state index is 14.4. The lowest BCUT2D eigenvalue weighted by Crippen LogP contribution is -2.56. The van der Waals surface area contributed by atoms with Gasteiger partial charge in [0.25, 0.3) is 0 Å². The molecule has 0 aromatic heterocycles. The molecule has 3 aromatic rings. The van der Waals surface area contributed by atoms with Crippen LogP contribution < -0.4 is 4.74 Å². The van der Waals surface area contributed by atoms with Gasteiger partial charge in [-0.1, -0.05) is 47.5 Å². The van der Waals surface area contributed by atoms with E-state index < -0.39 is 71.6 Å². The summed E-state index contributed by atoms with van der Waals surface area (Å²) in [6.45, 7) is -0.517. The Kier molecular flexibility index (Phi) is 9.75. The molecule has 5 rings (SSSR count). The molecule has 0 N–H and O–H groups in total. The first kappa shape index (κ1) is 34.8. The molecule has 0 radical (unpaired) electrons. The molecule has 8 nitrogen and oxygen atoms in total. The number of nitrogens with zero attached hydrogens (tertiary/aromatic N) is 4. The van der Waals surface area contributed by atoms with E-state index >= 15 is 0 Å². The Morgan fingerprint density at radius 3 is 1.94 bits per heavy atom. The molecule has 1 fully saturated rings. The van der Waals surface area contributed by atoms with E-state index in [0.29, 0.717) is 21.2 Å². The van der Waals surface area contributed by atoms with Gasteiger partial charge in [0.2, 0.25) is 0 Å². The van der Waals surface area contributed by atoms with Gasteiger partial charge in [-0.2, -0.15) is 30.6 Å². The molecule has 1 saturated heterocycles. The van der Waals surface area contributed by atoms with E-state index in [1.54, 1.807) is 55.5 Å². The number of carbonyl (C=O) groups excluding carboxylic acids is 1. The number of halogens is 8. The van der Waals surface area contributed by atoms with Gasteiger partial charge in [0, 0.05) is 36.2 Å². The summed E-state index contributed by atoms with van der Waals surface area (Å²) in [5.41, 5.74) is -5.33. The average Bonchev–Trinajstić information content (AvgIpc) is 3.41. The first-order valence-corrected chi connectivity index (χ1v) is 16.3. The molecule has 252 valence electrons. The van der Waals surface area contributed by atoms with Gasteiger partial charge in [0.15, 0.2) is 0 Å². The van der Waals surface area contributed by atoms with E-state index in [2.05, 4.69) is 0 Å². The number of benzene rings is 3. The topological polar surface area (TPSA) is 82.5 Å². The van der Waals surface area contributed by atoms with Crippen LogP contribution in [0.1, 0.15) is 41.3 Å². The number of carbonyl (C=O) groups is 1. The van der Waals surface area contributed by atoms with Crippen LogP contribution in [-0.4, -0.2) is 72.7 Å². The maximum Gasteiger partial charge on any atom is 0.511 e. The highest BCUT2D eigenvalue weighted by molar-refractivity contribution is 7.90. The van der Waals surface area contributed by atoms with E-state index in [1.807, 2.05) is 0 Å². The summed E-state index contributed by atoms with van der Waals surface area (Å²) in [6, 6.07) is 13.3. The molecule has 2 unspecified atom stereocenters. The highest BCUT2D eigenvalue weighted by atomic mass is 35.5. The zero-order chi connectivity index (χ0) is 34.3.